The third kappa shape index (κ3) is 3.10. The van der Waals surface area contributed by atoms with Gasteiger partial charge in [-0.05, 0) is 35.9 Å². The molecule has 0 aliphatic heterocycles. The molecule has 5 aromatic rings. The number of amides is 1. The number of carbonyl (C=O) groups excluding carboxylic acids is 1. The molecule has 3 aromatic heterocycles. The summed E-state index contributed by atoms with van der Waals surface area (Å²) in [6, 6.07) is 14.8. The highest BCUT2D eigenvalue weighted by atomic mass is 16.1. The predicted molar refractivity (Wildman–Crippen MR) is 115 cm³/mol. The van der Waals surface area contributed by atoms with Gasteiger partial charge < -0.3 is 10.3 Å². The highest BCUT2D eigenvalue weighted by molar-refractivity contribution is 5.95. The van der Waals surface area contributed by atoms with Crippen LogP contribution in [0.15, 0.2) is 65.7 Å². The number of nitrogens with one attached hydrogen (secondary N) is 3. The minimum atomic E-state index is -0.213. The third-order valence-electron chi connectivity index (χ3n) is 4.79. The second-order valence-corrected chi connectivity index (χ2v) is 6.91. The summed E-state index contributed by atoms with van der Waals surface area (Å²) in [6.07, 6.45) is 3.32. The fourth-order valence-electron chi connectivity index (χ4n) is 3.44. The van der Waals surface area contributed by atoms with Crippen molar-refractivity contribution in [3.63, 3.8) is 0 Å². The van der Waals surface area contributed by atoms with Crippen LogP contribution in [0, 0.1) is 0 Å². The van der Waals surface area contributed by atoms with Crippen LogP contribution in [-0.2, 0) is 4.79 Å². The molecule has 0 spiro atoms. The Hall–Kier alpha value is -4.33. The van der Waals surface area contributed by atoms with Crippen molar-refractivity contribution in [2.45, 2.75) is 6.92 Å². The summed E-state index contributed by atoms with van der Waals surface area (Å²) in [7, 11) is 0. The Labute approximate surface area is 170 Å². The third-order valence-corrected chi connectivity index (χ3v) is 4.79. The van der Waals surface area contributed by atoms with Crippen LogP contribution in [0.3, 0.4) is 0 Å². The van der Waals surface area contributed by atoms with E-state index in [0.717, 1.165) is 22.0 Å². The van der Waals surface area contributed by atoms with Crippen molar-refractivity contribution in [2.75, 3.05) is 5.32 Å². The SMILES string of the molecule is CC(=O)Nc1cncc(-c2ccc3[nH]nc(-c4nc5ccccc5c(=O)[nH]4)c3c2)c1. The summed E-state index contributed by atoms with van der Waals surface area (Å²) in [5, 5.41) is 11.4. The van der Waals surface area contributed by atoms with Crippen molar-refractivity contribution in [2.24, 2.45) is 0 Å². The Morgan fingerprint density at radius 2 is 1.87 bits per heavy atom. The second kappa shape index (κ2) is 6.93. The number of rotatable bonds is 3. The molecular weight excluding hydrogens is 380 g/mol. The molecule has 1 amide bonds. The van der Waals surface area contributed by atoms with Crippen LogP contribution in [-0.4, -0.2) is 31.1 Å². The van der Waals surface area contributed by atoms with Gasteiger partial charge >= 0.3 is 0 Å². The van der Waals surface area contributed by atoms with E-state index in [9.17, 15) is 9.59 Å². The Morgan fingerprint density at radius 1 is 1.00 bits per heavy atom. The van der Waals surface area contributed by atoms with E-state index in [-0.39, 0.29) is 11.5 Å². The molecule has 8 nitrogen and oxygen atoms in total. The average Bonchev–Trinajstić information content (AvgIpc) is 3.17. The molecule has 0 saturated carbocycles. The summed E-state index contributed by atoms with van der Waals surface area (Å²) < 4.78 is 0. The number of anilines is 1. The molecule has 0 aliphatic carbocycles. The number of pyridine rings is 1. The summed E-state index contributed by atoms with van der Waals surface area (Å²) >= 11 is 0. The van der Waals surface area contributed by atoms with Gasteiger partial charge in [-0.3, -0.25) is 19.7 Å². The molecule has 0 atom stereocenters. The molecule has 0 fully saturated rings. The van der Waals surface area contributed by atoms with Gasteiger partial charge in [0.25, 0.3) is 5.56 Å². The molecule has 0 bridgehead atoms. The molecular formula is C22H16N6O2. The fraction of sp³-hybridized carbons (Fsp3) is 0.0455. The Balaban J connectivity index is 1.64. The Kier molecular flexibility index (Phi) is 4.10. The first-order valence-corrected chi connectivity index (χ1v) is 9.29. The van der Waals surface area contributed by atoms with E-state index in [1.54, 1.807) is 30.6 Å². The molecule has 2 aromatic carbocycles. The number of benzene rings is 2. The second-order valence-electron chi connectivity index (χ2n) is 6.91. The lowest BCUT2D eigenvalue weighted by Crippen LogP contribution is -2.09. The maximum atomic E-state index is 12.5. The maximum absolute atomic E-state index is 12.5. The van der Waals surface area contributed by atoms with Crippen molar-refractivity contribution < 1.29 is 4.79 Å². The van der Waals surface area contributed by atoms with Crippen molar-refractivity contribution in [3.8, 4) is 22.6 Å². The van der Waals surface area contributed by atoms with Gasteiger partial charge in [0.1, 0.15) is 5.69 Å². The van der Waals surface area contributed by atoms with Crippen LogP contribution in [0.25, 0.3) is 44.5 Å². The van der Waals surface area contributed by atoms with Crippen molar-refractivity contribution in [3.05, 3.63) is 71.3 Å². The summed E-state index contributed by atoms with van der Waals surface area (Å²) in [6.45, 7) is 1.45. The number of aromatic amines is 2. The number of aromatic nitrogens is 5. The van der Waals surface area contributed by atoms with Crippen LogP contribution in [0.4, 0.5) is 5.69 Å². The lowest BCUT2D eigenvalue weighted by Gasteiger charge is -2.06. The number of H-pyrrole nitrogens is 2. The first kappa shape index (κ1) is 17.7. The largest absolute Gasteiger partial charge is 0.325 e. The van der Waals surface area contributed by atoms with Crippen molar-refractivity contribution in [1.29, 1.82) is 0 Å². The average molecular weight is 396 g/mol. The fourth-order valence-corrected chi connectivity index (χ4v) is 3.44. The molecule has 0 radical (unpaired) electrons. The van der Waals surface area contributed by atoms with Gasteiger partial charge in [0.15, 0.2) is 5.82 Å². The molecule has 5 rings (SSSR count). The van der Waals surface area contributed by atoms with Gasteiger partial charge in [0.2, 0.25) is 5.91 Å². The highest BCUT2D eigenvalue weighted by Crippen LogP contribution is 2.29. The van der Waals surface area contributed by atoms with E-state index in [1.807, 2.05) is 30.3 Å². The molecule has 146 valence electrons. The van der Waals surface area contributed by atoms with E-state index in [0.29, 0.717) is 28.1 Å². The molecule has 0 unspecified atom stereocenters. The normalized spacial score (nSPS) is 11.1. The minimum absolute atomic E-state index is 0.159. The van der Waals surface area contributed by atoms with E-state index in [2.05, 4.69) is 30.5 Å². The standard InChI is InChI=1S/C22H16N6O2/c1-12(29)24-15-8-14(10-23-11-15)13-6-7-19-17(9-13)20(28-27-19)21-25-18-5-3-2-4-16(18)22(30)26-21/h2-11H,1H3,(H,24,29)(H,27,28)(H,25,26,30). The molecule has 3 N–H and O–H groups in total. The van der Waals surface area contributed by atoms with Gasteiger partial charge in [0.05, 0.1) is 28.3 Å². The van der Waals surface area contributed by atoms with E-state index in [4.69, 9.17) is 0 Å². The molecule has 30 heavy (non-hydrogen) atoms. The summed E-state index contributed by atoms with van der Waals surface area (Å²) in [5.74, 6) is 0.236. The van der Waals surface area contributed by atoms with Crippen LogP contribution in [0.2, 0.25) is 0 Å². The molecule has 3 heterocycles. The lowest BCUT2D eigenvalue weighted by atomic mass is 10.0. The predicted octanol–water partition coefficient (Wildman–Crippen LogP) is 3.49. The maximum Gasteiger partial charge on any atom is 0.259 e. The first-order valence-electron chi connectivity index (χ1n) is 9.29. The van der Waals surface area contributed by atoms with Crippen LogP contribution in [0.5, 0.6) is 0 Å². The van der Waals surface area contributed by atoms with Gasteiger partial charge in [-0.15, -0.1) is 0 Å². The van der Waals surface area contributed by atoms with E-state index in [1.165, 1.54) is 6.92 Å². The number of carbonyl (C=O) groups is 1. The number of nitrogens with zero attached hydrogens (tertiary/aromatic N) is 3. The first-order chi connectivity index (χ1) is 14.6. The summed E-state index contributed by atoms with van der Waals surface area (Å²) in [5.41, 5.74) is 4.12. The monoisotopic (exact) mass is 396 g/mol. The van der Waals surface area contributed by atoms with Crippen LogP contribution < -0.4 is 10.9 Å². The smallest absolute Gasteiger partial charge is 0.259 e. The van der Waals surface area contributed by atoms with Gasteiger partial charge in [-0.25, -0.2) is 4.98 Å². The van der Waals surface area contributed by atoms with E-state index < -0.39 is 0 Å². The topological polar surface area (TPSA) is 116 Å². The molecule has 8 heteroatoms. The number of hydrogen-bond donors (Lipinski definition) is 3. The van der Waals surface area contributed by atoms with Crippen molar-refractivity contribution in [1.82, 2.24) is 25.1 Å². The zero-order valence-electron chi connectivity index (χ0n) is 15.9. The van der Waals surface area contributed by atoms with Gasteiger partial charge in [0, 0.05) is 24.1 Å². The number of para-hydroxylation sites is 1. The minimum Gasteiger partial charge on any atom is -0.325 e. The summed E-state index contributed by atoms with van der Waals surface area (Å²) in [4.78, 5) is 35.4. The van der Waals surface area contributed by atoms with Gasteiger partial charge in [-0.1, -0.05) is 18.2 Å². The molecule has 0 aliphatic rings. The number of fused-ring (bicyclic) bond motifs is 2. The lowest BCUT2D eigenvalue weighted by molar-refractivity contribution is -0.114. The highest BCUT2D eigenvalue weighted by Gasteiger charge is 2.14. The molecule has 0 saturated heterocycles. The van der Waals surface area contributed by atoms with Crippen LogP contribution >= 0.6 is 0 Å². The number of hydrogen-bond acceptors (Lipinski definition) is 5. The Morgan fingerprint density at radius 3 is 2.73 bits per heavy atom. The zero-order valence-corrected chi connectivity index (χ0v) is 15.9. The van der Waals surface area contributed by atoms with Crippen LogP contribution in [0.1, 0.15) is 6.92 Å². The van der Waals surface area contributed by atoms with E-state index >= 15 is 0 Å². The van der Waals surface area contributed by atoms with Crippen molar-refractivity contribution >= 4 is 33.4 Å². The van der Waals surface area contributed by atoms with Gasteiger partial charge in [-0.2, -0.15) is 5.10 Å². The zero-order chi connectivity index (χ0) is 20.7. The Bertz CT molecular complexity index is 1480. The quantitative estimate of drug-likeness (QED) is 0.432.